The average molecular weight is 489 g/mol. The third-order valence-electron chi connectivity index (χ3n) is 5.41. The molecule has 9 heteroatoms. The van der Waals surface area contributed by atoms with Gasteiger partial charge in [0.1, 0.15) is 16.6 Å². The number of hydrogen-bond donors (Lipinski definition) is 2. The van der Waals surface area contributed by atoms with Crippen LogP contribution in [0.15, 0.2) is 38.9 Å². The first kappa shape index (κ1) is 20.7. The van der Waals surface area contributed by atoms with E-state index in [0.717, 1.165) is 34.1 Å². The maximum Gasteiger partial charge on any atom is 0.263 e. The molecule has 0 saturated carbocycles. The van der Waals surface area contributed by atoms with Gasteiger partial charge in [0.15, 0.2) is 0 Å². The fourth-order valence-corrected chi connectivity index (χ4v) is 5.35. The highest BCUT2D eigenvalue weighted by Gasteiger charge is 2.25. The molecule has 2 heterocycles. The highest BCUT2D eigenvalue weighted by atomic mass is 79.9. The highest BCUT2D eigenvalue weighted by molar-refractivity contribution is 9.10. The molecule has 0 bridgehead atoms. The number of nitrogens with one attached hydrogen (secondary N) is 1. The van der Waals surface area contributed by atoms with Crippen molar-refractivity contribution in [1.29, 1.82) is 0 Å². The average Bonchev–Trinajstić information content (AvgIpc) is 3.08. The Morgan fingerprint density at radius 3 is 3.10 bits per heavy atom. The molecule has 0 fully saturated rings. The largest absolute Gasteiger partial charge is 0.507 e. The van der Waals surface area contributed by atoms with Gasteiger partial charge in [-0.2, -0.15) is 5.10 Å². The third-order valence-corrected chi connectivity index (χ3v) is 7.06. The van der Waals surface area contributed by atoms with Gasteiger partial charge in [-0.3, -0.25) is 14.2 Å². The summed E-state index contributed by atoms with van der Waals surface area (Å²) < 4.78 is 2.13. The minimum Gasteiger partial charge on any atom is -0.507 e. The predicted molar refractivity (Wildman–Crippen MR) is 121 cm³/mol. The maximum atomic E-state index is 13.1. The van der Waals surface area contributed by atoms with Gasteiger partial charge in [0.05, 0.1) is 17.9 Å². The van der Waals surface area contributed by atoms with E-state index in [1.54, 1.807) is 30.4 Å². The normalized spacial score (nSPS) is 17.2. The number of aromatic hydroxyl groups is 1. The van der Waals surface area contributed by atoms with Crippen LogP contribution in [0, 0.1) is 5.92 Å². The summed E-state index contributed by atoms with van der Waals surface area (Å²) in [5.41, 5.74) is 3.79. The lowest BCUT2D eigenvalue weighted by atomic mass is 9.89. The lowest BCUT2D eigenvalue weighted by Gasteiger charge is -2.18. The van der Waals surface area contributed by atoms with Crippen LogP contribution in [0.25, 0.3) is 10.2 Å². The van der Waals surface area contributed by atoms with Crippen LogP contribution in [0.2, 0.25) is 0 Å². The molecule has 0 unspecified atom stereocenters. The second-order valence-corrected chi connectivity index (χ2v) is 9.60. The summed E-state index contributed by atoms with van der Waals surface area (Å²) in [7, 11) is 0. The number of hydrogen-bond acceptors (Lipinski definition) is 6. The van der Waals surface area contributed by atoms with Crippen molar-refractivity contribution in [3.63, 3.8) is 0 Å². The number of carbonyl (C=O) groups is 1. The van der Waals surface area contributed by atoms with Gasteiger partial charge in [-0.05, 0) is 55.9 Å². The molecule has 1 amide bonds. The molecule has 1 aliphatic rings. The number of fused-ring (bicyclic) bond motifs is 3. The number of amides is 1. The monoisotopic (exact) mass is 488 g/mol. The second kappa shape index (κ2) is 8.31. The fraction of sp³-hybridized carbons (Fsp3) is 0.333. The molecule has 2 atom stereocenters. The number of halogens is 1. The Labute approximate surface area is 185 Å². The molecule has 2 aromatic heterocycles. The van der Waals surface area contributed by atoms with E-state index in [1.165, 1.54) is 28.1 Å². The van der Waals surface area contributed by atoms with Crippen LogP contribution in [0.1, 0.15) is 42.3 Å². The van der Waals surface area contributed by atoms with E-state index in [9.17, 15) is 14.7 Å². The molecule has 0 saturated heterocycles. The number of phenols is 1. The van der Waals surface area contributed by atoms with E-state index in [4.69, 9.17) is 0 Å². The molecular formula is C21H21BrN4O3S. The number of aryl methyl sites for hydroxylation is 1. The minimum absolute atomic E-state index is 0.0478. The highest BCUT2D eigenvalue weighted by Crippen LogP contribution is 2.35. The first-order chi connectivity index (χ1) is 14.3. The molecule has 1 aliphatic carbocycles. The van der Waals surface area contributed by atoms with Crippen LogP contribution in [0.4, 0.5) is 0 Å². The lowest BCUT2D eigenvalue weighted by molar-refractivity contribution is -0.123. The van der Waals surface area contributed by atoms with Crippen LogP contribution in [0.5, 0.6) is 5.75 Å². The van der Waals surface area contributed by atoms with Crippen LogP contribution in [-0.4, -0.2) is 26.8 Å². The van der Waals surface area contributed by atoms with E-state index >= 15 is 0 Å². The third kappa shape index (κ3) is 3.91. The van der Waals surface area contributed by atoms with Crippen molar-refractivity contribution in [2.24, 2.45) is 11.0 Å². The van der Waals surface area contributed by atoms with Gasteiger partial charge in [0.25, 0.3) is 11.5 Å². The zero-order valence-corrected chi connectivity index (χ0v) is 19.0. The van der Waals surface area contributed by atoms with Crippen molar-refractivity contribution in [2.45, 2.75) is 39.2 Å². The van der Waals surface area contributed by atoms with Crippen LogP contribution < -0.4 is 11.0 Å². The Kier molecular flexibility index (Phi) is 5.75. The number of hydrazone groups is 1. The van der Waals surface area contributed by atoms with Gasteiger partial charge in [-0.25, -0.2) is 10.4 Å². The van der Waals surface area contributed by atoms with Gasteiger partial charge in [-0.1, -0.05) is 22.9 Å². The van der Waals surface area contributed by atoms with Gasteiger partial charge in [0.2, 0.25) is 0 Å². The molecule has 0 aliphatic heterocycles. The van der Waals surface area contributed by atoms with E-state index < -0.39 is 11.9 Å². The van der Waals surface area contributed by atoms with E-state index in [-0.39, 0.29) is 11.3 Å². The van der Waals surface area contributed by atoms with Crippen molar-refractivity contribution in [3.8, 4) is 5.75 Å². The molecule has 2 N–H and O–H groups in total. The van der Waals surface area contributed by atoms with Gasteiger partial charge in [-0.15, -0.1) is 11.3 Å². The molecule has 3 aromatic rings. The number of thiophene rings is 1. The van der Waals surface area contributed by atoms with Crippen LogP contribution in [0.3, 0.4) is 0 Å². The summed E-state index contributed by atoms with van der Waals surface area (Å²) in [5.74, 6) is 0.216. The second-order valence-electron chi connectivity index (χ2n) is 7.60. The Hall–Kier alpha value is -2.52. The molecule has 30 heavy (non-hydrogen) atoms. The van der Waals surface area contributed by atoms with Crippen molar-refractivity contribution in [3.05, 3.63) is 55.4 Å². The standard InChI is InChI=1S/C21H21BrN4O3S/c1-11-3-5-15-17(7-11)30-20-18(15)21(29)26(10-23-20)12(2)19(28)25-24-9-13-8-14(22)4-6-16(13)27/h4,6,8-12,27H,3,5,7H2,1-2H3,(H,25,28)/b24-9+/t11-,12+/m0/s1. The Morgan fingerprint density at radius 2 is 2.30 bits per heavy atom. The Morgan fingerprint density at radius 1 is 1.50 bits per heavy atom. The zero-order valence-electron chi connectivity index (χ0n) is 16.6. The van der Waals surface area contributed by atoms with Crippen LogP contribution >= 0.6 is 27.3 Å². The smallest absolute Gasteiger partial charge is 0.263 e. The van der Waals surface area contributed by atoms with Crippen molar-refractivity contribution < 1.29 is 9.90 Å². The number of aromatic nitrogens is 2. The molecule has 156 valence electrons. The molecular weight excluding hydrogens is 468 g/mol. The summed E-state index contributed by atoms with van der Waals surface area (Å²) in [5, 5.41) is 14.4. The number of nitrogens with zero attached hydrogens (tertiary/aromatic N) is 3. The predicted octanol–water partition coefficient (Wildman–Crippen LogP) is 3.76. The summed E-state index contributed by atoms with van der Waals surface area (Å²) in [6, 6.07) is 4.13. The topological polar surface area (TPSA) is 96.6 Å². The zero-order chi connectivity index (χ0) is 21.4. The molecule has 1 aromatic carbocycles. The van der Waals surface area contributed by atoms with E-state index in [1.807, 2.05) is 0 Å². The summed E-state index contributed by atoms with van der Waals surface area (Å²) >= 11 is 4.90. The molecule has 4 rings (SSSR count). The lowest BCUT2D eigenvalue weighted by Crippen LogP contribution is -2.34. The number of rotatable bonds is 4. The molecule has 0 spiro atoms. The van der Waals surface area contributed by atoms with Crippen molar-refractivity contribution in [1.82, 2.24) is 15.0 Å². The Bertz CT molecular complexity index is 1220. The van der Waals surface area contributed by atoms with Crippen molar-refractivity contribution in [2.75, 3.05) is 0 Å². The van der Waals surface area contributed by atoms with Crippen LogP contribution in [-0.2, 0) is 17.6 Å². The fourth-order valence-electron chi connectivity index (χ4n) is 3.63. The van der Waals surface area contributed by atoms with E-state index in [2.05, 4.69) is 38.4 Å². The van der Waals surface area contributed by atoms with Crippen molar-refractivity contribution >= 4 is 49.6 Å². The molecule has 0 radical (unpaired) electrons. The first-order valence-electron chi connectivity index (χ1n) is 9.68. The summed E-state index contributed by atoms with van der Waals surface area (Å²) in [6.07, 6.45) is 5.69. The summed E-state index contributed by atoms with van der Waals surface area (Å²) in [6.45, 7) is 3.86. The quantitative estimate of drug-likeness (QED) is 0.431. The minimum atomic E-state index is -0.777. The number of benzene rings is 1. The first-order valence-corrected chi connectivity index (χ1v) is 11.3. The molecule has 7 nitrogen and oxygen atoms in total. The van der Waals surface area contributed by atoms with E-state index in [0.29, 0.717) is 16.9 Å². The van der Waals surface area contributed by atoms with Gasteiger partial charge in [0, 0.05) is 14.9 Å². The number of carbonyl (C=O) groups excluding carboxylic acids is 1. The van der Waals surface area contributed by atoms with Gasteiger partial charge >= 0.3 is 0 Å². The summed E-state index contributed by atoms with van der Waals surface area (Å²) in [4.78, 5) is 32.1. The van der Waals surface area contributed by atoms with Gasteiger partial charge < -0.3 is 5.11 Å². The Balaban J connectivity index is 1.57. The maximum absolute atomic E-state index is 13.1. The SMILES string of the molecule is C[C@H]1CCc2c(sc3ncn([C@H](C)C(=O)N/N=C/c4cc(Br)ccc4O)c(=O)c23)C1. The number of phenolic OH excluding ortho intramolecular Hbond substituents is 1.